The van der Waals surface area contributed by atoms with Gasteiger partial charge in [0.25, 0.3) is 5.91 Å². The number of amides is 1. The number of para-hydroxylation sites is 1. The molecule has 0 radical (unpaired) electrons. The summed E-state index contributed by atoms with van der Waals surface area (Å²) in [5, 5.41) is 0.544. The van der Waals surface area contributed by atoms with Gasteiger partial charge in [-0.05, 0) is 30.3 Å². The number of hydrogen-bond acceptors (Lipinski definition) is 4. The van der Waals surface area contributed by atoms with E-state index in [0.717, 1.165) is 11.4 Å². The van der Waals surface area contributed by atoms with E-state index in [-0.39, 0.29) is 10.8 Å². The third kappa shape index (κ3) is 2.32. The molecule has 1 amide bonds. The second-order valence-corrected chi connectivity index (χ2v) is 5.79. The SMILES string of the molecule is CN1C(N)=C(S)C(=O)N(c2ccccc2)c2cc(Cl)ccc21. The molecular weight excluding hydrogens is 318 g/mol. The normalized spacial score (nSPS) is 15.0. The number of nitrogens with zero attached hydrogens (tertiary/aromatic N) is 2. The van der Waals surface area contributed by atoms with E-state index in [0.29, 0.717) is 16.5 Å². The summed E-state index contributed by atoms with van der Waals surface area (Å²) in [6, 6.07) is 14.7. The summed E-state index contributed by atoms with van der Waals surface area (Å²) < 4.78 is 0. The lowest BCUT2D eigenvalue weighted by molar-refractivity contribution is -0.113. The van der Waals surface area contributed by atoms with Crippen LogP contribution in [0.3, 0.4) is 0 Å². The molecule has 0 spiro atoms. The van der Waals surface area contributed by atoms with Gasteiger partial charge in [-0.1, -0.05) is 29.8 Å². The number of nitrogens with two attached hydrogens (primary N) is 1. The van der Waals surface area contributed by atoms with Crippen LogP contribution in [0, 0.1) is 0 Å². The molecule has 2 aromatic rings. The molecule has 0 saturated heterocycles. The third-order valence-electron chi connectivity index (χ3n) is 3.56. The van der Waals surface area contributed by atoms with Crippen molar-refractivity contribution in [1.29, 1.82) is 0 Å². The fourth-order valence-electron chi connectivity index (χ4n) is 2.41. The molecule has 2 N–H and O–H groups in total. The maximum atomic E-state index is 12.8. The summed E-state index contributed by atoms with van der Waals surface area (Å²) in [5.41, 5.74) is 8.23. The molecule has 1 heterocycles. The monoisotopic (exact) mass is 331 g/mol. The van der Waals surface area contributed by atoms with Gasteiger partial charge >= 0.3 is 0 Å². The number of thiol groups is 1. The van der Waals surface area contributed by atoms with Gasteiger partial charge < -0.3 is 10.6 Å². The Bertz CT molecular complexity index is 776. The summed E-state index contributed by atoms with van der Waals surface area (Å²) in [6.07, 6.45) is 0. The van der Waals surface area contributed by atoms with E-state index in [4.69, 9.17) is 17.3 Å². The van der Waals surface area contributed by atoms with Crippen LogP contribution in [0.15, 0.2) is 59.3 Å². The molecule has 4 nitrogen and oxygen atoms in total. The van der Waals surface area contributed by atoms with Crippen LogP contribution in [0.25, 0.3) is 0 Å². The van der Waals surface area contributed by atoms with Crippen LogP contribution in [-0.4, -0.2) is 13.0 Å². The molecule has 0 unspecified atom stereocenters. The van der Waals surface area contributed by atoms with Crippen molar-refractivity contribution in [2.45, 2.75) is 0 Å². The Hall–Kier alpha value is -2.11. The molecule has 22 heavy (non-hydrogen) atoms. The molecule has 0 fully saturated rings. The van der Waals surface area contributed by atoms with Gasteiger partial charge in [-0.25, -0.2) is 0 Å². The first-order chi connectivity index (χ1) is 10.5. The summed E-state index contributed by atoms with van der Waals surface area (Å²) in [6.45, 7) is 0. The summed E-state index contributed by atoms with van der Waals surface area (Å²) in [7, 11) is 1.79. The maximum absolute atomic E-state index is 12.8. The summed E-state index contributed by atoms with van der Waals surface area (Å²) >= 11 is 10.4. The van der Waals surface area contributed by atoms with Crippen LogP contribution in [0.2, 0.25) is 5.02 Å². The van der Waals surface area contributed by atoms with Crippen LogP contribution in [0.5, 0.6) is 0 Å². The Morgan fingerprint density at radius 2 is 1.77 bits per heavy atom. The number of carbonyl (C=O) groups is 1. The zero-order valence-electron chi connectivity index (χ0n) is 11.8. The molecule has 0 saturated carbocycles. The highest BCUT2D eigenvalue weighted by molar-refractivity contribution is 7.85. The number of hydrogen-bond donors (Lipinski definition) is 2. The molecule has 2 aromatic carbocycles. The minimum absolute atomic E-state index is 0.193. The highest BCUT2D eigenvalue weighted by Gasteiger charge is 2.30. The molecule has 0 aliphatic carbocycles. The summed E-state index contributed by atoms with van der Waals surface area (Å²) in [5.74, 6) is 0.00948. The lowest BCUT2D eigenvalue weighted by Crippen LogP contribution is -2.26. The van der Waals surface area contributed by atoms with Crippen molar-refractivity contribution in [2.24, 2.45) is 5.73 Å². The number of halogens is 1. The van der Waals surface area contributed by atoms with Gasteiger partial charge in [0.05, 0.1) is 11.4 Å². The fraction of sp³-hybridized carbons (Fsp3) is 0.0625. The van der Waals surface area contributed by atoms with Gasteiger partial charge in [-0.15, -0.1) is 12.6 Å². The highest BCUT2D eigenvalue weighted by atomic mass is 35.5. The van der Waals surface area contributed by atoms with Crippen molar-refractivity contribution in [2.75, 3.05) is 16.8 Å². The Morgan fingerprint density at radius 3 is 2.45 bits per heavy atom. The Morgan fingerprint density at radius 1 is 1.09 bits per heavy atom. The molecule has 1 aliphatic rings. The first-order valence-electron chi connectivity index (χ1n) is 6.62. The lowest BCUT2D eigenvalue weighted by atomic mass is 10.2. The van der Waals surface area contributed by atoms with Gasteiger partial charge in [-0.3, -0.25) is 9.69 Å². The zero-order valence-corrected chi connectivity index (χ0v) is 13.5. The predicted molar refractivity (Wildman–Crippen MR) is 93.6 cm³/mol. The standard InChI is InChI=1S/C16H14ClN3OS/c1-19-12-8-7-10(17)9-13(12)20(11-5-3-2-4-6-11)16(21)14(22)15(19)18/h2-9,22H,18H2,1H3. The van der Waals surface area contributed by atoms with Crippen molar-refractivity contribution in [3.8, 4) is 0 Å². The van der Waals surface area contributed by atoms with Gasteiger partial charge in [0.15, 0.2) is 0 Å². The lowest BCUT2D eigenvalue weighted by Gasteiger charge is -2.25. The zero-order chi connectivity index (χ0) is 15.9. The van der Waals surface area contributed by atoms with E-state index in [9.17, 15) is 4.79 Å². The number of fused-ring (bicyclic) bond motifs is 1. The van der Waals surface area contributed by atoms with Gasteiger partial charge in [-0.2, -0.15) is 0 Å². The Kier molecular flexibility index (Phi) is 3.76. The van der Waals surface area contributed by atoms with E-state index in [1.807, 2.05) is 36.4 Å². The van der Waals surface area contributed by atoms with Gasteiger partial charge in [0.2, 0.25) is 0 Å². The van der Waals surface area contributed by atoms with Crippen LogP contribution >= 0.6 is 24.2 Å². The fourth-order valence-corrected chi connectivity index (χ4v) is 2.82. The second-order valence-electron chi connectivity index (χ2n) is 4.90. The molecule has 0 bridgehead atoms. The van der Waals surface area contributed by atoms with E-state index in [2.05, 4.69) is 12.6 Å². The third-order valence-corrected chi connectivity index (χ3v) is 4.22. The van der Waals surface area contributed by atoms with Crippen LogP contribution in [0.4, 0.5) is 17.1 Å². The minimum atomic E-state index is -0.292. The first-order valence-corrected chi connectivity index (χ1v) is 7.44. The van der Waals surface area contributed by atoms with Crippen molar-refractivity contribution in [3.63, 3.8) is 0 Å². The topological polar surface area (TPSA) is 49.6 Å². The molecule has 3 rings (SSSR count). The number of benzene rings is 2. The van der Waals surface area contributed by atoms with E-state index in [1.165, 1.54) is 0 Å². The van der Waals surface area contributed by atoms with Crippen molar-refractivity contribution < 1.29 is 4.79 Å². The van der Waals surface area contributed by atoms with E-state index < -0.39 is 0 Å². The van der Waals surface area contributed by atoms with Crippen LogP contribution in [-0.2, 0) is 4.79 Å². The molecule has 1 aliphatic heterocycles. The number of rotatable bonds is 1. The Labute approximate surface area is 139 Å². The summed E-state index contributed by atoms with van der Waals surface area (Å²) in [4.78, 5) is 16.3. The second kappa shape index (κ2) is 5.59. The van der Waals surface area contributed by atoms with E-state index >= 15 is 0 Å². The largest absolute Gasteiger partial charge is 0.384 e. The highest BCUT2D eigenvalue weighted by Crippen LogP contribution is 2.40. The van der Waals surface area contributed by atoms with Gasteiger partial charge in [0, 0.05) is 17.8 Å². The van der Waals surface area contributed by atoms with Crippen LogP contribution in [0.1, 0.15) is 0 Å². The first kappa shape index (κ1) is 14.8. The molecule has 6 heteroatoms. The van der Waals surface area contributed by atoms with E-state index in [1.54, 1.807) is 29.0 Å². The van der Waals surface area contributed by atoms with Crippen molar-refractivity contribution in [3.05, 3.63) is 64.3 Å². The molecule has 0 aromatic heterocycles. The van der Waals surface area contributed by atoms with Crippen molar-refractivity contribution in [1.82, 2.24) is 0 Å². The quantitative estimate of drug-likeness (QED) is 0.786. The van der Waals surface area contributed by atoms with Crippen molar-refractivity contribution >= 4 is 47.2 Å². The number of anilines is 3. The van der Waals surface area contributed by atoms with Gasteiger partial charge in [0.1, 0.15) is 10.7 Å². The molecule has 112 valence electrons. The molecular formula is C16H14ClN3OS. The smallest absolute Gasteiger partial charge is 0.272 e. The average Bonchev–Trinajstić information content (AvgIpc) is 2.59. The predicted octanol–water partition coefficient (Wildman–Crippen LogP) is 3.51. The minimum Gasteiger partial charge on any atom is -0.384 e. The average molecular weight is 332 g/mol. The van der Waals surface area contributed by atoms with Crippen LogP contribution < -0.4 is 15.5 Å². The Balaban J connectivity index is 2.30. The number of carbonyl (C=O) groups excluding carboxylic acids is 1. The maximum Gasteiger partial charge on any atom is 0.272 e. The molecule has 0 atom stereocenters.